The summed E-state index contributed by atoms with van der Waals surface area (Å²) >= 11 is 0. The topological polar surface area (TPSA) is 123 Å². The van der Waals surface area contributed by atoms with Gasteiger partial charge in [-0.2, -0.15) is 10.2 Å². The molecule has 1 atom stereocenters. The van der Waals surface area contributed by atoms with Crippen molar-refractivity contribution in [3.8, 4) is 0 Å². The Labute approximate surface area is 92.0 Å². The van der Waals surface area contributed by atoms with Gasteiger partial charge in [-0.3, -0.25) is 21.0 Å². The maximum Gasteiger partial charge on any atom is 0.138 e. The second kappa shape index (κ2) is 4.29. The van der Waals surface area contributed by atoms with Crippen LogP contribution in [0.4, 0.5) is 5.82 Å². The number of hydrogen-bond donors (Lipinski definition) is 4. The monoisotopic (exact) mass is 222 g/mol. The molecule has 8 nitrogen and oxygen atoms in total. The van der Waals surface area contributed by atoms with Crippen LogP contribution in [0, 0.1) is 0 Å². The molecule has 0 fully saturated rings. The van der Waals surface area contributed by atoms with Gasteiger partial charge in [-0.1, -0.05) is 0 Å². The number of nitrogens with two attached hydrogens (primary N) is 2. The minimum atomic E-state index is -0.137. The maximum absolute atomic E-state index is 5.73. The normalized spacial score (nSPS) is 12.9. The van der Waals surface area contributed by atoms with Gasteiger partial charge >= 0.3 is 0 Å². The van der Waals surface area contributed by atoms with E-state index in [0.29, 0.717) is 12.2 Å². The van der Waals surface area contributed by atoms with E-state index in [1.165, 1.54) is 6.33 Å². The van der Waals surface area contributed by atoms with Crippen LogP contribution in [0.5, 0.6) is 0 Å². The van der Waals surface area contributed by atoms with Gasteiger partial charge in [0.15, 0.2) is 0 Å². The summed E-state index contributed by atoms with van der Waals surface area (Å²) in [6.45, 7) is 0. The molecule has 0 saturated carbocycles. The van der Waals surface area contributed by atoms with Gasteiger partial charge in [-0.05, 0) is 0 Å². The maximum atomic E-state index is 5.73. The van der Waals surface area contributed by atoms with Crippen LogP contribution in [0.15, 0.2) is 12.5 Å². The Bertz CT molecular complexity index is 458. The third-order valence-electron chi connectivity index (χ3n) is 2.47. The van der Waals surface area contributed by atoms with Crippen LogP contribution < -0.4 is 17.0 Å². The number of nitrogen functional groups attached to an aromatic ring is 1. The van der Waals surface area contributed by atoms with Gasteiger partial charge in [0.05, 0.1) is 12.2 Å². The second-order valence-electron chi connectivity index (χ2n) is 3.46. The van der Waals surface area contributed by atoms with Crippen LogP contribution in [-0.4, -0.2) is 25.0 Å². The van der Waals surface area contributed by atoms with Gasteiger partial charge in [-0.15, -0.1) is 0 Å². The molecule has 2 heterocycles. The molecule has 8 heteroatoms. The summed E-state index contributed by atoms with van der Waals surface area (Å²) in [4.78, 5) is 4.13. The van der Waals surface area contributed by atoms with Crippen molar-refractivity contribution < 1.29 is 0 Å². The average molecular weight is 222 g/mol. The van der Waals surface area contributed by atoms with E-state index >= 15 is 0 Å². The van der Waals surface area contributed by atoms with E-state index in [0.717, 1.165) is 11.4 Å². The number of anilines is 1. The van der Waals surface area contributed by atoms with Crippen molar-refractivity contribution in [3.63, 3.8) is 0 Å². The molecule has 2 aromatic rings. The molecular weight excluding hydrogens is 208 g/mol. The minimum Gasteiger partial charge on any atom is -0.384 e. The lowest BCUT2D eigenvalue weighted by Crippen LogP contribution is -2.30. The smallest absolute Gasteiger partial charge is 0.138 e. The van der Waals surface area contributed by atoms with Gasteiger partial charge < -0.3 is 5.73 Å². The third-order valence-corrected chi connectivity index (χ3v) is 2.47. The Balaban J connectivity index is 2.19. The van der Waals surface area contributed by atoms with E-state index < -0.39 is 0 Å². The number of H-pyrrole nitrogens is 1. The Morgan fingerprint density at radius 1 is 1.62 bits per heavy atom. The molecule has 0 spiro atoms. The lowest BCUT2D eigenvalue weighted by Gasteiger charge is -2.14. The summed E-state index contributed by atoms with van der Waals surface area (Å²) in [6.07, 6.45) is 3.74. The largest absolute Gasteiger partial charge is 0.384 e. The van der Waals surface area contributed by atoms with Crippen molar-refractivity contribution in [2.75, 3.05) is 5.73 Å². The van der Waals surface area contributed by atoms with Gasteiger partial charge in [0, 0.05) is 19.0 Å². The molecular formula is C8H14N8. The molecule has 86 valence electrons. The van der Waals surface area contributed by atoms with Crippen molar-refractivity contribution >= 4 is 5.82 Å². The summed E-state index contributed by atoms with van der Waals surface area (Å²) in [6, 6.07) is -0.137. The predicted molar refractivity (Wildman–Crippen MR) is 57.8 cm³/mol. The zero-order valence-corrected chi connectivity index (χ0v) is 8.88. The van der Waals surface area contributed by atoms with Crippen molar-refractivity contribution in [2.45, 2.75) is 12.5 Å². The highest BCUT2D eigenvalue weighted by molar-refractivity contribution is 5.39. The number of aromatic amines is 1. The van der Waals surface area contributed by atoms with Gasteiger partial charge in [0.25, 0.3) is 0 Å². The molecule has 1 unspecified atom stereocenters. The second-order valence-corrected chi connectivity index (χ2v) is 3.46. The number of nitrogens with one attached hydrogen (secondary N) is 2. The van der Waals surface area contributed by atoms with E-state index in [1.807, 2.05) is 7.05 Å². The van der Waals surface area contributed by atoms with Gasteiger partial charge in [0.2, 0.25) is 0 Å². The zero-order chi connectivity index (χ0) is 11.5. The first kappa shape index (κ1) is 10.6. The van der Waals surface area contributed by atoms with Crippen LogP contribution in [0.3, 0.4) is 0 Å². The van der Waals surface area contributed by atoms with Crippen molar-refractivity contribution in [1.29, 1.82) is 0 Å². The molecule has 0 amide bonds. The summed E-state index contributed by atoms with van der Waals surface area (Å²) in [7, 11) is 1.83. The Morgan fingerprint density at radius 2 is 2.44 bits per heavy atom. The minimum absolute atomic E-state index is 0.137. The quantitative estimate of drug-likeness (QED) is 0.383. The van der Waals surface area contributed by atoms with E-state index in [4.69, 9.17) is 11.6 Å². The molecule has 2 aromatic heterocycles. The van der Waals surface area contributed by atoms with Crippen molar-refractivity contribution in [1.82, 2.24) is 30.4 Å². The SMILES string of the molecule is Cn1ncnc1CC(NN)c1cn[nH]c1N. The van der Waals surface area contributed by atoms with Crippen LogP contribution in [0.2, 0.25) is 0 Å². The number of aromatic nitrogens is 5. The fourth-order valence-electron chi connectivity index (χ4n) is 1.53. The lowest BCUT2D eigenvalue weighted by atomic mass is 10.1. The molecule has 0 bridgehead atoms. The molecule has 0 aliphatic heterocycles. The number of hydrogen-bond acceptors (Lipinski definition) is 6. The van der Waals surface area contributed by atoms with E-state index in [-0.39, 0.29) is 6.04 Å². The molecule has 2 rings (SSSR count). The number of aryl methyl sites for hydroxylation is 1. The first-order chi connectivity index (χ1) is 7.72. The first-order valence-electron chi connectivity index (χ1n) is 4.80. The van der Waals surface area contributed by atoms with E-state index in [1.54, 1.807) is 10.9 Å². The fourth-order valence-corrected chi connectivity index (χ4v) is 1.53. The molecule has 0 aliphatic carbocycles. The van der Waals surface area contributed by atoms with Gasteiger partial charge in [-0.25, -0.2) is 4.98 Å². The Morgan fingerprint density at radius 3 is 2.94 bits per heavy atom. The number of rotatable bonds is 4. The van der Waals surface area contributed by atoms with Gasteiger partial charge in [0.1, 0.15) is 18.0 Å². The van der Waals surface area contributed by atoms with Crippen LogP contribution in [0.25, 0.3) is 0 Å². The molecule has 6 N–H and O–H groups in total. The summed E-state index contributed by atoms with van der Waals surface area (Å²) in [5.41, 5.74) is 9.24. The molecule has 0 radical (unpaired) electrons. The fraction of sp³-hybridized carbons (Fsp3) is 0.375. The Hall–Kier alpha value is -1.93. The Kier molecular flexibility index (Phi) is 2.84. The predicted octanol–water partition coefficient (Wildman–Crippen LogP) is -1.13. The molecule has 0 aliphatic rings. The van der Waals surface area contributed by atoms with Crippen LogP contribution in [-0.2, 0) is 13.5 Å². The highest BCUT2D eigenvalue weighted by Gasteiger charge is 2.17. The first-order valence-corrected chi connectivity index (χ1v) is 4.80. The summed E-state index contributed by atoms with van der Waals surface area (Å²) in [5, 5.41) is 10.5. The average Bonchev–Trinajstić information content (AvgIpc) is 2.85. The standard InChI is InChI=1S/C8H14N8/c1-16-7(11-4-13-16)2-6(14-10)5-3-12-15-8(5)9/h3-4,6,14H,2,10H2,1H3,(H3,9,12,15). The highest BCUT2D eigenvalue weighted by atomic mass is 15.3. The molecule has 0 saturated heterocycles. The molecule has 0 aromatic carbocycles. The zero-order valence-electron chi connectivity index (χ0n) is 8.88. The third kappa shape index (κ3) is 1.88. The summed E-state index contributed by atoms with van der Waals surface area (Å²) in [5.74, 6) is 6.82. The van der Waals surface area contributed by atoms with Crippen LogP contribution >= 0.6 is 0 Å². The van der Waals surface area contributed by atoms with Crippen molar-refractivity contribution in [2.24, 2.45) is 12.9 Å². The lowest BCUT2D eigenvalue weighted by molar-refractivity contribution is 0.524. The summed E-state index contributed by atoms with van der Waals surface area (Å²) < 4.78 is 1.70. The van der Waals surface area contributed by atoms with E-state index in [9.17, 15) is 0 Å². The number of hydrazine groups is 1. The molecule has 16 heavy (non-hydrogen) atoms. The van der Waals surface area contributed by atoms with E-state index in [2.05, 4.69) is 25.7 Å². The number of nitrogens with zero attached hydrogens (tertiary/aromatic N) is 4. The highest BCUT2D eigenvalue weighted by Crippen LogP contribution is 2.19. The van der Waals surface area contributed by atoms with Crippen molar-refractivity contribution in [3.05, 3.63) is 23.9 Å². The van der Waals surface area contributed by atoms with Crippen LogP contribution in [0.1, 0.15) is 17.4 Å².